The van der Waals surface area contributed by atoms with E-state index >= 15 is 0 Å². The van der Waals surface area contributed by atoms with E-state index in [0.29, 0.717) is 28.2 Å². The molecule has 0 aliphatic rings. The molecule has 0 aliphatic carbocycles. The van der Waals surface area contributed by atoms with Gasteiger partial charge in [-0.1, -0.05) is 18.2 Å². The van der Waals surface area contributed by atoms with Crippen LogP contribution in [0.3, 0.4) is 0 Å². The molecular weight excluding hydrogens is 258 g/mol. The average molecular weight is 269 g/mol. The predicted molar refractivity (Wildman–Crippen MR) is 70.9 cm³/mol. The van der Waals surface area contributed by atoms with Gasteiger partial charge < -0.3 is 5.11 Å². The van der Waals surface area contributed by atoms with Gasteiger partial charge in [-0.3, -0.25) is 0 Å². The van der Waals surface area contributed by atoms with Crippen LogP contribution in [0.25, 0.3) is 16.6 Å². The minimum absolute atomic E-state index is 0.142. The lowest BCUT2D eigenvalue weighted by atomic mass is 10.1. The Hall–Kier alpha value is -2.83. The summed E-state index contributed by atoms with van der Waals surface area (Å²) >= 11 is 0. The third-order valence-corrected chi connectivity index (χ3v) is 2.93. The molecule has 0 aliphatic heterocycles. The van der Waals surface area contributed by atoms with E-state index in [2.05, 4.69) is 20.3 Å². The minimum atomic E-state index is -1.15. The van der Waals surface area contributed by atoms with Gasteiger partial charge in [-0.2, -0.15) is 5.10 Å². The van der Waals surface area contributed by atoms with Crippen LogP contribution in [-0.2, 0) is 0 Å². The van der Waals surface area contributed by atoms with Crippen molar-refractivity contribution in [2.75, 3.05) is 0 Å². The van der Waals surface area contributed by atoms with Crippen LogP contribution in [-0.4, -0.2) is 36.0 Å². The number of nitrogens with zero attached hydrogens (tertiary/aromatic N) is 5. The molecule has 0 saturated carbocycles. The molecule has 20 heavy (non-hydrogen) atoms. The number of hydrogen-bond donors (Lipinski definition) is 1. The van der Waals surface area contributed by atoms with E-state index in [0.717, 1.165) is 0 Å². The topological polar surface area (TPSA) is 93.8 Å². The quantitative estimate of drug-likeness (QED) is 0.758. The zero-order valence-electron chi connectivity index (χ0n) is 10.9. The second-order valence-corrected chi connectivity index (χ2v) is 4.34. The molecule has 1 aromatic carbocycles. The number of fused-ring (bicyclic) bond motifs is 1. The molecule has 0 bridgehead atoms. The van der Waals surface area contributed by atoms with Gasteiger partial charge in [-0.05, 0) is 19.9 Å². The molecule has 0 fully saturated rings. The molecule has 100 valence electrons. The Morgan fingerprint density at radius 3 is 2.60 bits per heavy atom. The van der Waals surface area contributed by atoms with Crippen LogP contribution in [0.2, 0.25) is 0 Å². The summed E-state index contributed by atoms with van der Waals surface area (Å²) in [5, 5.41) is 22.0. The number of aromatic carboxylic acids is 1. The van der Waals surface area contributed by atoms with Crippen LogP contribution in [0.1, 0.15) is 22.1 Å². The molecule has 0 atom stereocenters. The molecule has 0 unspecified atom stereocenters. The summed E-state index contributed by atoms with van der Waals surface area (Å²) in [6.07, 6.45) is 0. The number of benzene rings is 1. The number of carboxylic acid groups (broad SMARTS) is 1. The Balaban J connectivity index is 2.45. The van der Waals surface area contributed by atoms with Crippen molar-refractivity contribution in [3.8, 4) is 5.69 Å². The molecule has 0 saturated heterocycles. The Morgan fingerprint density at radius 1 is 1.20 bits per heavy atom. The molecule has 0 spiro atoms. The fourth-order valence-corrected chi connectivity index (χ4v) is 2.13. The molecule has 7 nitrogen and oxygen atoms in total. The number of carboxylic acids is 1. The monoisotopic (exact) mass is 269 g/mol. The lowest BCUT2D eigenvalue weighted by Crippen LogP contribution is -2.12. The maximum atomic E-state index is 11.4. The lowest BCUT2D eigenvalue weighted by Gasteiger charge is -2.09. The molecule has 2 heterocycles. The average Bonchev–Trinajstić information content (AvgIpc) is 2.76. The van der Waals surface area contributed by atoms with Gasteiger partial charge in [0.15, 0.2) is 5.69 Å². The van der Waals surface area contributed by atoms with Gasteiger partial charge in [0.25, 0.3) is 0 Å². The van der Waals surface area contributed by atoms with E-state index in [1.807, 2.05) is 12.1 Å². The third kappa shape index (κ3) is 1.80. The standard InChI is InChI=1S/C13H11N5O2/c1-7-14-8(2)18(17-7)12-9-5-3-4-6-10(9)15-16-11(12)13(19)20/h3-6H,1-2H3,(H,19,20). The first-order chi connectivity index (χ1) is 9.58. The summed E-state index contributed by atoms with van der Waals surface area (Å²) in [5.74, 6) is 0.0219. The van der Waals surface area contributed by atoms with Crippen LogP contribution >= 0.6 is 0 Å². The minimum Gasteiger partial charge on any atom is -0.476 e. The predicted octanol–water partition coefficient (Wildman–Crippen LogP) is 1.53. The number of carbonyl (C=O) groups is 1. The maximum Gasteiger partial charge on any atom is 0.358 e. The number of aromatic nitrogens is 5. The fourth-order valence-electron chi connectivity index (χ4n) is 2.13. The summed E-state index contributed by atoms with van der Waals surface area (Å²) in [6, 6.07) is 7.21. The van der Waals surface area contributed by atoms with Crippen LogP contribution in [0.4, 0.5) is 0 Å². The van der Waals surface area contributed by atoms with Crippen molar-refractivity contribution in [3.63, 3.8) is 0 Å². The first-order valence-electron chi connectivity index (χ1n) is 5.97. The highest BCUT2D eigenvalue weighted by atomic mass is 16.4. The van der Waals surface area contributed by atoms with Crippen LogP contribution in [0.5, 0.6) is 0 Å². The fraction of sp³-hybridized carbons (Fsp3) is 0.154. The summed E-state index contributed by atoms with van der Waals surface area (Å²) < 4.78 is 1.50. The van der Waals surface area contributed by atoms with E-state index in [1.54, 1.807) is 26.0 Å². The van der Waals surface area contributed by atoms with Crippen molar-refractivity contribution in [1.29, 1.82) is 0 Å². The van der Waals surface area contributed by atoms with E-state index in [9.17, 15) is 9.90 Å². The van der Waals surface area contributed by atoms with Crippen molar-refractivity contribution in [3.05, 3.63) is 41.6 Å². The van der Waals surface area contributed by atoms with Crippen LogP contribution < -0.4 is 0 Å². The number of aryl methyl sites for hydroxylation is 2. The van der Waals surface area contributed by atoms with Gasteiger partial charge in [0.2, 0.25) is 0 Å². The van der Waals surface area contributed by atoms with Crippen molar-refractivity contribution < 1.29 is 9.90 Å². The van der Waals surface area contributed by atoms with Crippen molar-refractivity contribution in [2.45, 2.75) is 13.8 Å². The first-order valence-corrected chi connectivity index (χ1v) is 5.97. The highest BCUT2D eigenvalue weighted by molar-refractivity contribution is 5.98. The Labute approximate surface area is 113 Å². The molecule has 2 aromatic heterocycles. The maximum absolute atomic E-state index is 11.4. The SMILES string of the molecule is Cc1nc(C)n(-c2c(C(=O)O)nnc3ccccc23)n1. The Kier molecular flexibility index (Phi) is 2.67. The molecule has 1 N–H and O–H groups in total. The molecule has 3 aromatic rings. The van der Waals surface area contributed by atoms with Gasteiger partial charge in [-0.15, -0.1) is 10.2 Å². The summed E-state index contributed by atoms with van der Waals surface area (Å²) in [7, 11) is 0. The van der Waals surface area contributed by atoms with E-state index < -0.39 is 5.97 Å². The number of hydrogen-bond acceptors (Lipinski definition) is 5. The van der Waals surface area contributed by atoms with E-state index in [1.165, 1.54) is 4.68 Å². The van der Waals surface area contributed by atoms with Gasteiger partial charge in [-0.25, -0.2) is 14.5 Å². The lowest BCUT2D eigenvalue weighted by molar-refractivity contribution is 0.0689. The summed E-state index contributed by atoms with van der Waals surface area (Å²) in [5.41, 5.74) is 0.859. The smallest absolute Gasteiger partial charge is 0.358 e. The molecule has 0 amide bonds. The highest BCUT2D eigenvalue weighted by Crippen LogP contribution is 2.23. The normalized spacial score (nSPS) is 10.9. The summed E-state index contributed by atoms with van der Waals surface area (Å²) in [4.78, 5) is 15.6. The van der Waals surface area contributed by atoms with Crippen molar-refractivity contribution in [1.82, 2.24) is 25.0 Å². The third-order valence-electron chi connectivity index (χ3n) is 2.93. The molecule has 0 radical (unpaired) electrons. The van der Waals surface area contributed by atoms with Gasteiger partial charge in [0.1, 0.15) is 17.3 Å². The largest absolute Gasteiger partial charge is 0.476 e. The van der Waals surface area contributed by atoms with E-state index in [4.69, 9.17) is 0 Å². The second kappa shape index (κ2) is 4.37. The molecule has 3 rings (SSSR count). The Bertz CT molecular complexity index is 825. The van der Waals surface area contributed by atoms with Crippen molar-refractivity contribution >= 4 is 16.9 Å². The van der Waals surface area contributed by atoms with Crippen molar-refractivity contribution in [2.24, 2.45) is 0 Å². The zero-order valence-corrected chi connectivity index (χ0v) is 10.9. The molecule has 7 heteroatoms. The summed E-state index contributed by atoms with van der Waals surface area (Å²) in [6.45, 7) is 3.52. The molecular formula is C13H11N5O2. The number of rotatable bonds is 2. The first kappa shape index (κ1) is 12.2. The second-order valence-electron chi connectivity index (χ2n) is 4.34. The highest BCUT2D eigenvalue weighted by Gasteiger charge is 2.20. The van der Waals surface area contributed by atoms with Gasteiger partial charge in [0, 0.05) is 5.39 Å². The van der Waals surface area contributed by atoms with Gasteiger partial charge >= 0.3 is 5.97 Å². The van der Waals surface area contributed by atoms with Crippen LogP contribution in [0.15, 0.2) is 24.3 Å². The van der Waals surface area contributed by atoms with Crippen LogP contribution in [0, 0.1) is 13.8 Å². The zero-order chi connectivity index (χ0) is 14.3. The Morgan fingerprint density at radius 2 is 1.95 bits per heavy atom. The van der Waals surface area contributed by atoms with Gasteiger partial charge in [0.05, 0.1) is 5.52 Å². The van der Waals surface area contributed by atoms with E-state index in [-0.39, 0.29) is 5.69 Å².